The monoisotopic (exact) mass is 472 g/mol. The van der Waals surface area contributed by atoms with Gasteiger partial charge < -0.3 is 9.47 Å². The quantitative estimate of drug-likeness (QED) is 0.424. The van der Waals surface area contributed by atoms with Gasteiger partial charge in [-0.3, -0.25) is 4.68 Å². The van der Waals surface area contributed by atoms with Crippen LogP contribution in [0.25, 0.3) is 10.9 Å². The molecule has 0 N–H and O–H groups in total. The molecule has 0 aliphatic carbocycles. The Hall–Kier alpha value is -3.37. The first-order valence-corrected chi connectivity index (χ1v) is 12.4. The number of methoxy groups -OCH3 is 2. The van der Waals surface area contributed by atoms with Crippen molar-refractivity contribution in [2.45, 2.75) is 19.6 Å². The second kappa shape index (κ2) is 7.95. The lowest BCUT2D eigenvalue weighted by atomic mass is 10.2. The summed E-state index contributed by atoms with van der Waals surface area (Å²) in [5, 5.41) is 4.35. The molecule has 0 aliphatic rings. The van der Waals surface area contributed by atoms with E-state index >= 15 is 0 Å². The molecule has 8 nitrogen and oxygen atoms in total. The smallest absolute Gasteiger partial charge is 0.208 e. The molecule has 0 amide bonds. The van der Waals surface area contributed by atoms with Crippen molar-refractivity contribution < 1.29 is 26.3 Å². The molecule has 0 bridgehead atoms. The van der Waals surface area contributed by atoms with Crippen LogP contribution >= 0.6 is 0 Å². The number of hydrogen-bond acceptors (Lipinski definition) is 7. The maximum atomic E-state index is 13.4. The first kappa shape index (κ1) is 21.8. The predicted octanol–water partition coefficient (Wildman–Crippen LogP) is 3.26. The van der Waals surface area contributed by atoms with Crippen LogP contribution in [0.3, 0.4) is 0 Å². The van der Waals surface area contributed by atoms with E-state index in [0.29, 0.717) is 11.5 Å². The van der Waals surface area contributed by atoms with Crippen LogP contribution in [0.5, 0.6) is 11.5 Å². The highest BCUT2D eigenvalue weighted by Gasteiger charge is 2.28. The zero-order valence-corrected chi connectivity index (χ0v) is 19.1. The predicted molar refractivity (Wildman–Crippen MR) is 118 cm³/mol. The number of fused-ring (bicyclic) bond motifs is 1. The topological polar surface area (TPSA) is 105 Å². The summed E-state index contributed by atoms with van der Waals surface area (Å²) in [5.74, 6) is 1.05. The highest BCUT2D eigenvalue weighted by atomic mass is 32.2. The molecule has 1 heterocycles. The Labute approximate surface area is 185 Å². The number of benzene rings is 3. The lowest BCUT2D eigenvalue weighted by molar-refractivity contribution is 0.414. The van der Waals surface area contributed by atoms with E-state index in [1.54, 1.807) is 31.3 Å². The second-order valence-corrected chi connectivity index (χ2v) is 10.8. The fourth-order valence-corrected chi connectivity index (χ4v) is 6.37. The molecule has 0 unspecified atom stereocenters. The van der Waals surface area contributed by atoms with E-state index in [4.69, 9.17) is 9.47 Å². The maximum absolute atomic E-state index is 13.4. The molecule has 0 saturated heterocycles. The lowest BCUT2D eigenvalue weighted by Crippen LogP contribution is -2.08. The van der Waals surface area contributed by atoms with Gasteiger partial charge in [0, 0.05) is 12.4 Å². The molecule has 0 fully saturated rings. The minimum atomic E-state index is -3.95. The summed E-state index contributed by atoms with van der Waals surface area (Å²) in [5.41, 5.74) is 0.204. The van der Waals surface area contributed by atoms with Gasteiger partial charge >= 0.3 is 0 Å². The third-order valence-electron chi connectivity index (χ3n) is 5.14. The Morgan fingerprint density at radius 3 is 1.59 bits per heavy atom. The average Bonchev–Trinajstić information content (AvgIpc) is 3.20. The van der Waals surface area contributed by atoms with Crippen LogP contribution in [0, 0.1) is 0 Å². The third-order valence-corrected chi connectivity index (χ3v) is 8.77. The molecule has 32 heavy (non-hydrogen) atoms. The van der Waals surface area contributed by atoms with Gasteiger partial charge in [-0.2, -0.15) is 5.10 Å². The van der Waals surface area contributed by atoms with E-state index in [9.17, 15) is 16.8 Å². The Balaban J connectivity index is 1.90. The largest absolute Gasteiger partial charge is 0.497 e. The van der Waals surface area contributed by atoms with E-state index in [0.717, 1.165) is 0 Å². The van der Waals surface area contributed by atoms with E-state index in [1.807, 2.05) is 0 Å². The number of aryl methyl sites for hydroxylation is 1. The van der Waals surface area contributed by atoms with Crippen molar-refractivity contribution in [1.82, 2.24) is 9.78 Å². The summed E-state index contributed by atoms with van der Waals surface area (Å²) in [6.07, 6.45) is 1.36. The van der Waals surface area contributed by atoms with Crippen molar-refractivity contribution in [1.29, 1.82) is 0 Å². The zero-order valence-electron chi connectivity index (χ0n) is 17.5. The molecule has 0 atom stereocenters. The number of ether oxygens (including phenoxy) is 2. The summed E-state index contributed by atoms with van der Waals surface area (Å²) in [4.78, 5) is 0.0616. The fourth-order valence-electron chi connectivity index (χ4n) is 3.45. The molecule has 4 rings (SSSR count). The van der Waals surface area contributed by atoms with E-state index in [2.05, 4.69) is 5.10 Å². The van der Waals surface area contributed by atoms with Crippen molar-refractivity contribution in [3.05, 3.63) is 66.9 Å². The average molecular weight is 473 g/mol. The summed E-state index contributed by atoms with van der Waals surface area (Å²) in [6, 6.07) is 14.6. The molecule has 4 aromatic rings. The van der Waals surface area contributed by atoms with Crippen LogP contribution in [0.4, 0.5) is 0 Å². The van der Waals surface area contributed by atoms with Crippen LogP contribution < -0.4 is 9.47 Å². The van der Waals surface area contributed by atoms with Crippen molar-refractivity contribution in [2.24, 2.45) is 7.05 Å². The molecule has 1 aromatic heterocycles. The molecule has 0 aliphatic heterocycles. The van der Waals surface area contributed by atoms with E-state index < -0.39 is 19.7 Å². The summed E-state index contributed by atoms with van der Waals surface area (Å²) < 4.78 is 64.9. The van der Waals surface area contributed by atoms with Crippen LogP contribution in [0.15, 0.2) is 86.4 Å². The summed E-state index contributed by atoms with van der Waals surface area (Å²) >= 11 is 0. The second-order valence-electron chi connectivity index (χ2n) is 6.95. The molecule has 0 radical (unpaired) electrons. The summed E-state index contributed by atoms with van der Waals surface area (Å²) in [7, 11) is -3.33. The van der Waals surface area contributed by atoms with Crippen molar-refractivity contribution >= 4 is 30.6 Å². The van der Waals surface area contributed by atoms with Gasteiger partial charge in [0.05, 0.1) is 45.5 Å². The first-order valence-electron chi connectivity index (χ1n) is 9.43. The molecule has 10 heteroatoms. The summed E-state index contributed by atoms with van der Waals surface area (Å²) in [6.45, 7) is 0. The molecule has 3 aromatic carbocycles. The Morgan fingerprint density at radius 1 is 0.688 bits per heavy atom. The number of sulfone groups is 2. The minimum absolute atomic E-state index is 0.0283. The van der Waals surface area contributed by atoms with E-state index in [-0.39, 0.29) is 30.5 Å². The molecular weight excluding hydrogens is 452 g/mol. The number of aromatic nitrogens is 2. The number of rotatable bonds is 6. The van der Waals surface area contributed by atoms with Gasteiger partial charge in [-0.05, 0) is 60.7 Å². The molecule has 0 spiro atoms. The van der Waals surface area contributed by atoms with Crippen LogP contribution in [-0.4, -0.2) is 40.8 Å². The first-order chi connectivity index (χ1) is 15.2. The molecule has 166 valence electrons. The zero-order chi connectivity index (χ0) is 23.1. The number of nitrogens with zero attached hydrogens (tertiary/aromatic N) is 2. The highest BCUT2D eigenvalue weighted by molar-refractivity contribution is 7.92. The lowest BCUT2D eigenvalue weighted by Gasteiger charge is -2.12. The van der Waals surface area contributed by atoms with Gasteiger partial charge in [0.2, 0.25) is 19.7 Å². The Morgan fingerprint density at radius 2 is 1.12 bits per heavy atom. The standard InChI is InChI=1S/C22H20N2O6S2/c1-24-22-19(14-23-24)20(31(25,26)17-8-4-15(29-2)5-9-17)12-13-21(22)32(27,28)18-10-6-16(30-3)7-11-18/h4-14H,1-3H3. The van der Waals surface area contributed by atoms with E-state index in [1.165, 1.54) is 61.5 Å². The third kappa shape index (κ3) is 3.51. The van der Waals surface area contributed by atoms with Gasteiger partial charge in [0.15, 0.2) is 0 Å². The Bertz CT molecular complexity index is 1510. The van der Waals surface area contributed by atoms with Gasteiger partial charge in [-0.15, -0.1) is 0 Å². The van der Waals surface area contributed by atoms with Crippen molar-refractivity contribution in [3.63, 3.8) is 0 Å². The van der Waals surface area contributed by atoms with Crippen molar-refractivity contribution in [2.75, 3.05) is 14.2 Å². The van der Waals surface area contributed by atoms with Gasteiger partial charge in [0.25, 0.3) is 0 Å². The Kier molecular flexibility index (Phi) is 5.43. The molecule has 0 saturated carbocycles. The number of hydrogen-bond donors (Lipinski definition) is 0. The minimum Gasteiger partial charge on any atom is -0.497 e. The van der Waals surface area contributed by atoms with Crippen LogP contribution in [-0.2, 0) is 26.7 Å². The van der Waals surface area contributed by atoms with Crippen LogP contribution in [0.1, 0.15) is 0 Å². The fraction of sp³-hybridized carbons (Fsp3) is 0.136. The van der Waals surface area contributed by atoms with Crippen molar-refractivity contribution in [3.8, 4) is 11.5 Å². The molecular formula is C22H20N2O6S2. The normalized spacial score (nSPS) is 12.1. The van der Waals surface area contributed by atoms with Gasteiger partial charge in [0.1, 0.15) is 11.5 Å². The maximum Gasteiger partial charge on any atom is 0.208 e. The SMILES string of the molecule is COc1ccc(S(=O)(=O)c2ccc(S(=O)(=O)c3ccc(OC)cc3)c3c2cnn3C)cc1. The highest BCUT2D eigenvalue weighted by Crippen LogP contribution is 2.35. The van der Waals surface area contributed by atoms with Crippen LogP contribution in [0.2, 0.25) is 0 Å². The van der Waals surface area contributed by atoms with Gasteiger partial charge in [-0.25, -0.2) is 16.8 Å². The van der Waals surface area contributed by atoms with Gasteiger partial charge in [-0.1, -0.05) is 0 Å².